The molecule has 0 saturated heterocycles. The van der Waals surface area contributed by atoms with Crippen molar-refractivity contribution < 1.29 is 14.3 Å². The minimum absolute atomic E-state index is 0.105. The van der Waals surface area contributed by atoms with E-state index >= 15 is 0 Å². The molecule has 1 aromatic heterocycles. The number of fused-ring (bicyclic) bond motifs is 1. The van der Waals surface area contributed by atoms with Gasteiger partial charge in [-0.15, -0.1) is 0 Å². The number of H-pyrrole nitrogens is 1. The Morgan fingerprint density at radius 3 is 2.83 bits per heavy atom. The van der Waals surface area contributed by atoms with Gasteiger partial charge < -0.3 is 15.0 Å². The number of nitrogens with one attached hydrogen (secondary N) is 2. The monoisotopic (exact) mass is 404 g/mol. The van der Waals surface area contributed by atoms with E-state index in [1.807, 2.05) is 13.0 Å². The first kappa shape index (κ1) is 19.4. The fraction of sp³-hybridized carbons (Fsp3) is 0.182. The summed E-state index contributed by atoms with van der Waals surface area (Å²) < 4.78 is 5.40. The SMILES string of the molecule is CCc1cc(=O)[nH]c(-c2cccc(NC(=O)CN3C(=O)COc4ccccc43)c2)n1. The minimum Gasteiger partial charge on any atom is -0.482 e. The van der Waals surface area contributed by atoms with Crippen molar-refractivity contribution in [1.82, 2.24) is 9.97 Å². The van der Waals surface area contributed by atoms with Gasteiger partial charge in [-0.2, -0.15) is 0 Å². The van der Waals surface area contributed by atoms with E-state index in [1.54, 1.807) is 42.5 Å². The second kappa shape index (κ2) is 8.20. The van der Waals surface area contributed by atoms with Crippen LogP contribution in [0, 0.1) is 0 Å². The molecule has 0 spiro atoms. The van der Waals surface area contributed by atoms with Gasteiger partial charge in [-0.1, -0.05) is 31.2 Å². The maximum atomic E-state index is 12.6. The largest absolute Gasteiger partial charge is 0.482 e. The average Bonchev–Trinajstić information content (AvgIpc) is 2.75. The fourth-order valence-electron chi connectivity index (χ4n) is 3.24. The summed E-state index contributed by atoms with van der Waals surface area (Å²) in [7, 11) is 0. The number of aromatic amines is 1. The van der Waals surface area contributed by atoms with Crippen LogP contribution in [0.25, 0.3) is 11.4 Å². The first-order valence-electron chi connectivity index (χ1n) is 9.56. The fourth-order valence-corrected chi connectivity index (χ4v) is 3.24. The summed E-state index contributed by atoms with van der Waals surface area (Å²) in [5.74, 6) is 0.377. The van der Waals surface area contributed by atoms with Crippen LogP contribution >= 0.6 is 0 Å². The molecule has 2 heterocycles. The van der Waals surface area contributed by atoms with Crippen LogP contribution in [-0.2, 0) is 16.0 Å². The molecule has 0 aliphatic carbocycles. The van der Waals surface area contributed by atoms with E-state index in [0.29, 0.717) is 40.6 Å². The molecule has 2 aromatic carbocycles. The van der Waals surface area contributed by atoms with E-state index in [2.05, 4.69) is 15.3 Å². The summed E-state index contributed by atoms with van der Waals surface area (Å²) >= 11 is 0. The number of rotatable bonds is 5. The molecule has 3 aromatic rings. The normalized spacial score (nSPS) is 12.8. The van der Waals surface area contributed by atoms with E-state index < -0.39 is 0 Å². The standard InChI is InChI=1S/C22H20N4O4/c1-2-15-11-19(27)25-22(24-15)14-6-5-7-16(10-14)23-20(28)12-26-17-8-3-4-9-18(17)30-13-21(26)29/h3-11H,2,12-13H2,1H3,(H,23,28)(H,24,25,27). The summed E-state index contributed by atoms with van der Waals surface area (Å²) in [6.45, 7) is 1.68. The molecule has 0 radical (unpaired) electrons. The molecule has 0 unspecified atom stereocenters. The van der Waals surface area contributed by atoms with Gasteiger partial charge in [-0.3, -0.25) is 19.3 Å². The number of aromatic nitrogens is 2. The van der Waals surface area contributed by atoms with Crippen LogP contribution in [0.1, 0.15) is 12.6 Å². The molecular weight excluding hydrogens is 384 g/mol. The molecule has 152 valence electrons. The third-order valence-corrected chi connectivity index (χ3v) is 4.69. The lowest BCUT2D eigenvalue weighted by Gasteiger charge is -2.28. The molecule has 0 atom stereocenters. The Kier molecular flexibility index (Phi) is 5.30. The topological polar surface area (TPSA) is 104 Å². The number of aryl methyl sites for hydroxylation is 1. The molecular formula is C22H20N4O4. The zero-order chi connectivity index (χ0) is 21.1. The third-order valence-electron chi connectivity index (χ3n) is 4.69. The Labute approximate surface area is 172 Å². The molecule has 0 fully saturated rings. The second-order valence-electron chi connectivity index (χ2n) is 6.80. The smallest absolute Gasteiger partial charge is 0.265 e. The van der Waals surface area contributed by atoms with Crippen molar-refractivity contribution in [2.45, 2.75) is 13.3 Å². The molecule has 4 rings (SSSR count). The highest BCUT2D eigenvalue weighted by Gasteiger charge is 2.26. The van der Waals surface area contributed by atoms with Crippen molar-refractivity contribution in [1.29, 1.82) is 0 Å². The van der Waals surface area contributed by atoms with Crippen molar-refractivity contribution >= 4 is 23.2 Å². The minimum atomic E-state index is -0.346. The Bertz CT molecular complexity index is 1170. The molecule has 8 nitrogen and oxygen atoms in total. The zero-order valence-corrected chi connectivity index (χ0v) is 16.3. The number of carbonyl (C=O) groups excluding carboxylic acids is 2. The molecule has 0 bridgehead atoms. The number of benzene rings is 2. The summed E-state index contributed by atoms with van der Waals surface area (Å²) in [6.07, 6.45) is 0.641. The molecule has 8 heteroatoms. The predicted molar refractivity (Wildman–Crippen MR) is 113 cm³/mol. The van der Waals surface area contributed by atoms with Crippen LogP contribution in [0.15, 0.2) is 59.4 Å². The van der Waals surface area contributed by atoms with Gasteiger partial charge in [0.05, 0.1) is 5.69 Å². The van der Waals surface area contributed by atoms with Crippen LogP contribution in [0.4, 0.5) is 11.4 Å². The Balaban J connectivity index is 1.52. The maximum absolute atomic E-state index is 12.6. The first-order valence-corrected chi connectivity index (χ1v) is 9.56. The van der Waals surface area contributed by atoms with E-state index in [1.165, 1.54) is 11.0 Å². The van der Waals surface area contributed by atoms with Crippen LogP contribution in [0.3, 0.4) is 0 Å². The lowest BCUT2D eigenvalue weighted by atomic mass is 10.1. The molecule has 0 saturated carbocycles. The van der Waals surface area contributed by atoms with Gasteiger partial charge in [-0.05, 0) is 30.7 Å². The highest BCUT2D eigenvalue weighted by molar-refractivity contribution is 6.05. The van der Waals surface area contributed by atoms with E-state index in [0.717, 1.165) is 0 Å². The van der Waals surface area contributed by atoms with Crippen molar-refractivity contribution in [3.8, 4) is 17.1 Å². The van der Waals surface area contributed by atoms with Gasteiger partial charge in [0.2, 0.25) is 5.91 Å². The van der Waals surface area contributed by atoms with E-state index in [9.17, 15) is 14.4 Å². The number of anilines is 2. The summed E-state index contributed by atoms with van der Waals surface area (Å²) in [6, 6.07) is 15.6. The van der Waals surface area contributed by atoms with Crippen LogP contribution < -0.4 is 20.5 Å². The van der Waals surface area contributed by atoms with Gasteiger partial charge in [0.15, 0.2) is 6.61 Å². The summed E-state index contributed by atoms with van der Waals surface area (Å²) in [5, 5.41) is 2.80. The number of hydrogen-bond acceptors (Lipinski definition) is 5. The highest BCUT2D eigenvalue weighted by Crippen LogP contribution is 2.31. The lowest BCUT2D eigenvalue weighted by molar-refractivity contribution is -0.123. The molecule has 1 aliphatic heterocycles. The van der Waals surface area contributed by atoms with Gasteiger partial charge in [0.1, 0.15) is 18.1 Å². The number of hydrogen-bond donors (Lipinski definition) is 2. The Hall–Kier alpha value is -3.94. The van der Waals surface area contributed by atoms with Crippen molar-refractivity contribution in [2.75, 3.05) is 23.4 Å². The van der Waals surface area contributed by atoms with Gasteiger partial charge in [-0.25, -0.2) is 4.98 Å². The molecule has 1 aliphatic rings. The van der Waals surface area contributed by atoms with Crippen molar-refractivity contribution in [3.63, 3.8) is 0 Å². The summed E-state index contributed by atoms with van der Waals surface area (Å²) in [5.41, 5.74) is 2.24. The third kappa shape index (κ3) is 4.07. The lowest BCUT2D eigenvalue weighted by Crippen LogP contribution is -2.43. The van der Waals surface area contributed by atoms with E-state index in [-0.39, 0.29) is 30.5 Å². The average molecular weight is 404 g/mol. The van der Waals surface area contributed by atoms with E-state index in [4.69, 9.17) is 4.74 Å². The molecule has 2 amide bonds. The maximum Gasteiger partial charge on any atom is 0.265 e. The number of nitrogens with zero attached hydrogens (tertiary/aromatic N) is 2. The van der Waals surface area contributed by atoms with Crippen molar-refractivity contribution in [3.05, 3.63) is 70.6 Å². The Morgan fingerprint density at radius 1 is 1.17 bits per heavy atom. The number of carbonyl (C=O) groups is 2. The van der Waals surface area contributed by atoms with Gasteiger partial charge >= 0.3 is 0 Å². The predicted octanol–water partition coefficient (Wildman–Crippen LogP) is 2.36. The summed E-state index contributed by atoms with van der Waals surface area (Å²) in [4.78, 5) is 45.3. The van der Waals surface area contributed by atoms with Crippen LogP contribution in [0.5, 0.6) is 5.75 Å². The highest BCUT2D eigenvalue weighted by atomic mass is 16.5. The van der Waals surface area contributed by atoms with Gasteiger partial charge in [0.25, 0.3) is 11.5 Å². The number of amides is 2. The number of para-hydroxylation sites is 2. The number of ether oxygens (including phenoxy) is 1. The molecule has 2 N–H and O–H groups in total. The zero-order valence-electron chi connectivity index (χ0n) is 16.3. The van der Waals surface area contributed by atoms with Crippen LogP contribution in [-0.4, -0.2) is 34.9 Å². The van der Waals surface area contributed by atoms with Crippen LogP contribution in [0.2, 0.25) is 0 Å². The van der Waals surface area contributed by atoms with Gasteiger partial charge in [0, 0.05) is 23.0 Å². The molecule has 30 heavy (non-hydrogen) atoms. The quantitative estimate of drug-likeness (QED) is 0.679. The second-order valence-corrected chi connectivity index (χ2v) is 6.80. The van der Waals surface area contributed by atoms with Crippen molar-refractivity contribution in [2.24, 2.45) is 0 Å². The first-order chi connectivity index (χ1) is 14.5. The Morgan fingerprint density at radius 2 is 2.00 bits per heavy atom.